The zero-order chi connectivity index (χ0) is 18.5. The van der Waals surface area contributed by atoms with Crippen LogP contribution >= 0.6 is 0 Å². The van der Waals surface area contributed by atoms with E-state index in [2.05, 4.69) is 39.2 Å². The molecule has 0 spiro atoms. The minimum absolute atomic E-state index is 0.0205. The van der Waals surface area contributed by atoms with Crippen LogP contribution in [0, 0.1) is 0 Å². The Balaban J connectivity index is 2.90. The molecule has 1 aromatic carbocycles. The Hall–Kier alpha value is -1.86. The van der Waals surface area contributed by atoms with Crippen LogP contribution in [0.1, 0.15) is 31.1 Å². The molecule has 0 aliphatic heterocycles. The second-order valence-corrected chi connectivity index (χ2v) is 11.9. The SMILES string of the molecule is COC[C@H](NC(=O)O)C(=O)c1ccc(O[Si](C)(C)C(C)(C)C)cc1. The summed E-state index contributed by atoms with van der Waals surface area (Å²) in [7, 11) is -0.525. The molecule has 0 bridgehead atoms. The molecule has 0 saturated carbocycles. The van der Waals surface area contributed by atoms with Crippen molar-refractivity contribution in [1.82, 2.24) is 5.32 Å². The van der Waals surface area contributed by atoms with Gasteiger partial charge in [0.25, 0.3) is 0 Å². The largest absolute Gasteiger partial charge is 0.544 e. The first-order valence-corrected chi connectivity index (χ1v) is 10.7. The van der Waals surface area contributed by atoms with Crippen molar-refractivity contribution in [1.29, 1.82) is 0 Å². The molecular formula is C17H27NO5Si. The third kappa shape index (κ3) is 5.35. The summed E-state index contributed by atoms with van der Waals surface area (Å²) < 4.78 is 11.1. The molecular weight excluding hydrogens is 326 g/mol. The number of hydrogen-bond acceptors (Lipinski definition) is 4. The normalized spacial score (nSPS) is 13.2. The van der Waals surface area contributed by atoms with Crippen molar-refractivity contribution in [3.8, 4) is 5.75 Å². The fourth-order valence-corrected chi connectivity index (χ4v) is 2.87. The molecule has 6 nitrogen and oxygen atoms in total. The number of carbonyl (C=O) groups excluding carboxylic acids is 1. The minimum atomic E-state index is -1.94. The van der Waals surface area contributed by atoms with Crippen molar-refractivity contribution in [3.63, 3.8) is 0 Å². The maximum Gasteiger partial charge on any atom is 0.405 e. The molecule has 0 heterocycles. The van der Waals surface area contributed by atoms with E-state index in [0.717, 1.165) is 0 Å². The smallest absolute Gasteiger partial charge is 0.405 e. The van der Waals surface area contributed by atoms with Gasteiger partial charge in [-0.3, -0.25) is 4.79 Å². The molecule has 0 saturated heterocycles. The van der Waals surface area contributed by atoms with Crippen molar-refractivity contribution < 1.29 is 23.9 Å². The predicted octanol–water partition coefficient (Wildman–Crippen LogP) is 3.54. The highest BCUT2D eigenvalue weighted by Gasteiger charge is 2.39. The average Bonchev–Trinajstić information content (AvgIpc) is 2.45. The minimum Gasteiger partial charge on any atom is -0.544 e. The highest BCUT2D eigenvalue weighted by molar-refractivity contribution is 6.74. The molecule has 24 heavy (non-hydrogen) atoms. The van der Waals surface area contributed by atoms with Gasteiger partial charge >= 0.3 is 6.09 Å². The second kappa shape index (κ2) is 7.81. The number of ether oxygens (including phenoxy) is 1. The fourth-order valence-electron chi connectivity index (χ4n) is 1.83. The van der Waals surface area contributed by atoms with Gasteiger partial charge in [-0.05, 0) is 42.4 Å². The van der Waals surface area contributed by atoms with Gasteiger partial charge < -0.3 is 19.6 Å². The third-order valence-corrected chi connectivity index (χ3v) is 8.62. The summed E-state index contributed by atoms with van der Waals surface area (Å²) in [6.45, 7) is 10.8. The Kier molecular flexibility index (Phi) is 6.56. The van der Waals surface area contributed by atoms with Gasteiger partial charge in [0.1, 0.15) is 11.8 Å². The van der Waals surface area contributed by atoms with Crippen LogP contribution in [-0.2, 0) is 4.74 Å². The summed E-state index contributed by atoms with van der Waals surface area (Å²) in [5.41, 5.74) is 0.411. The summed E-state index contributed by atoms with van der Waals surface area (Å²) >= 11 is 0. The molecule has 134 valence electrons. The Morgan fingerprint density at radius 2 is 1.75 bits per heavy atom. The Bertz CT molecular complexity index is 578. The van der Waals surface area contributed by atoms with E-state index in [-0.39, 0.29) is 17.4 Å². The van der Waals surface area contributed by atoms with Gasteiger partial charge in [-0.2, -0.15) is 0 Å². The van der Waals surface area contributed by atoms with Crippen LogP contribution in [0.5, 0.6) is 5.75 Å². The number of carboxylic acid groups (broad SMARTS) is 1. The van der Waals surface area contributed by atoms with Crippen LogP contribution in [-0.4, -0.2) is 45.1 Å². The van der Waals surface area contributed by atoms with Crippen molar-refractivity contribution >= 4 is 20.2 Å². The van der Waals surface area contributed by atoms with Crippen molar-refractivity contribution in [2.45, 2.75) is 44.9 Å². The summed E-state index contributed by atoms with van der Waals surface area (Å²) in [6, 6.07) is 5.87. The number of hydrogen-bond donors (Lipinski definition) is 2. The lowest BCUT2D eigenvalue weighted by Gasteiger charge is -2.36. The van der Waals surface area contributed by atoms with E-state index < -0.39 is 20.5 Å². The van der Waals surface area contributed by atoms with Gasteiger partial charge in [-0.15, -0.1) is 0 Å². The molecule has 1 rings (SSSR count). The van der Waals surface area contributed by atoms with Crippen LogP contribution in [0.25, 0.3) is 0 Å². The highest BCUT2D eigenvalue weighted by atomic mass is 28.4. The molecule has 1 amide bonds. The lowest BCUT2D eigenvalue weighted by atomic mass is 10.0. The van der Waals surface area contributed by atoms with Gasteiger partial charge in [0.05, 0.1) is 6.61 Å². The van der Waals surface area contributed by atoms with Crippen LogP contribution in [0.4, 0.5) is 4.79 Å². The number of methoxy groups -OCH3 is 1. The van der Waals surface area contributed by atoms with Gasteiger partial charge in [0.15, 0.2) is 5.78 Å². The molecule has 0 radical (unpaired) electrons. The summed E-state index contributed by atoms with van der Waals surface area (Å²) in [5, 5.41) is 11.1. The molecule has 0 aliphatic rings. The Labute approximate surface area is 144 Å². The monoisotopic (exact) mass is 353 g/mol. The van der Waals surface area contributed by atoms with Gasteiger partial charge in [-0.1, -0.05) is 20.8 Å². The standard InChI is InChI=1S/C17H27NO5Si/c1-17(2,3)24(5,6)23-13-9-7-12(8-10-13)15(19)14(11-22-4)18-16(20)21/h7-10,14,18H,11H2,1-6H3,(H,20,21)/t14-/m0/s1. The maximum absolute atomic E-state index is 12.4. The summed E-state index contributed by atoms with van der Waals surface area (Å²) in [6.07, 6.45) is -1.26. The van der Waals surface area contributed by atoms with E-state index in [1.165, 1.54) is 7.11 Å². The molecule has 1 atom stereocenters. The number of carbonyl (C=O) groups is 2. The van der Waals surface area contributed by atoms with E-state index in [0.29, 0.717) is 11.3 Å². The molecule has 0 fully saturated rings. The average molecular weight is 353 g/mol. The molecule has 0 aliphatic carbocycles. The molecule has 0 unspecified atom stereocenters. The van der Waals surface area contributed by atoms with Crippen LogP contribution in [0.15, 0.2) is 24.3 Å². The molecule has 2 N–H and O–H groups in total. The zero-order valence-corrected chi connectivity index (χ0v) is 16.2. The quantitative estimate of drug-likeness (QED) is 0.578. The number of nitrogens with one attached hydrogen (secondary N) is 1. The Morgan fingerprint density at radius 1 is 1.21 bits per heavy atom. The summed E-state index contributed by atoms with van der Waals surface area (Å²) in [5.74, 6) is 0.380. The predicted molar refractivity (Wildman–Crippen MR) is 95.4 cm³/mol. The van der Waals surface area contributed by atoms with Crippen molar-refractivity contribution in [2.24, 2.45) is 0 Å². The van der Waals surface area contributed by atoms with Crippen LogP contribution in [0.2, 0.25) is 18.1 Å². The lowest BCUT2D eigenvalue weighted by molar-refractivity contribution is 0.0848. The van der Waals surface area contributed by atoms with E-state index in [4.69, 9.17) is 14.3 Å². The number of ketones is 1. The first-order chi connectivity index (χ1) is 11.0. The first kappa shape index (κ1) is 20.2. The summed E-state index contributed by atoms with van der Waals surface area (Å²) in [4.78, 5) is 23.2. The maximum atomic E-state index is 12.4. The van der Waals surface area contributed by atoms with Crippen molar-refractivity contribution in [3.05, 3.63) is 29.8 Å². The number of amides is 1. The zero-order valence-electron chi connectivity index (χ0n) is 15.2. The van der Waals surface area contributed by atoms with Gasteiger partial charge in [0, 0.05) is 12.7 Å². The van der Waals surface area contributed by atoms with Gasteiger partial charge in [0.2, 0.25) is 8.32 Å². The Morgan fingerprint density at radius 3 is 2.17 bits per heavy atom. The third-order valence-electron chi connectivity index (χ3n) is 4.27. The van der Waals surface area contributed by atoms with Crippen LogP contribution < -0.4 is 9.74 Å². The molecule has 0 aromatic heterocycles. The van der Waals surface area contributed by atoms with Gasteiger partial charge in [-0.25, -0.2) is 4.79 Å². The van der Waals surface area contributed by atoms with Crippen LogP contribution in [0.3, 0.4) is 0 Å². The van der Waals surface area contributed by atoms with E-state index >= 15 is 0 Å². The van der Waals surface area contributed by atoms with E-state index in [9.17, 15) is 9.59 Å². The number of benzene rings is 1. The fraction of sp³-hybridized carbons (Fsp3) is 0.529. The molecule has 1 aromatic rings. The van der Waals surface area contributed by atoms with Crippen molar-refractivity contribution in [2.75, 3.05) is 13.7 Å². The number of rotatable bonds is 7. The lowest BCUT2D eigenvalue weighted by Crippen LogP contribution is -2.44. The highest BCUT2D eigenvalue weighted by Crippen LogP contribution is 2.37. The van der Waals surface area contributed by atoms with E-state index in [1.807, 2.05) is 0 Å². The first-order valence-electron chi connectivity index (χ1n) is 7.79. The van der Waals surface area contributed by atoms with E-state index in [1.54, 1.807) is 24.3 Å². The second-order valence-electron chi connectivity index (χ2n) is 7.21. The number of Topliss-reactive ketones (excluding diaryl/α,β-unsaturated/α-hetero) is 1. The topological polar surface area (TPSA) is 84.9 Å². The molecule has 7 heteroatoms.